The molecular weight excluding hydrogens is 507 g/mol. The number of carbonyl (C=O) groups excluding carboxylic acids is 1. The van der Waals surface area contributed by atoms with Gasteiger partial charge in [0.05, 0.1) is 12.0 Å². The average molecular weight is 540 g/mol. The maximum absolute atomic E-state index is 13.4. The van der Waals surface area contributed by atoms with E-state index in [2.05, 4.69) is 38.1 Å². The molecule has 0 aliphatic carbocycles. The van der Waals surface area contributed by atoms with Crippen LogP contribution in [0.1, 0.15) is 71.3 Å². The molecule has 3 aromatic carbocycles. The summed E-state index contributed by atoms with van der Waals surface area (Å²) in [5, 5.41) is 9.17. The predicted molar refractivity (Wildman–Crippen MR) is 142 cm³/mol. The Kier molecular flexibility index (Phi) is 8.04. The number of benzene rings is 3. The van der Waals surface area contributed by atoms with Crippen LogP contribution < -0.4 is 4.74 Å². The van der Waals surface area contributed by atoms with Crippen LogP contribution in [0.4, 0.5) is 13.2 Å². The number of rotatable bonds is 9. The van der Waals surface area contributed by atoms with E-state index in [1.807, 2.05) is 6.92 Å². The normalized spacial score (nSPS) is 16.6. The number of nitrogens with zero attached hydrogens (tertiary/aromatic N) is 1. The summed E-state index contributed by atoms with van der Waals surface area (Å²) in [6.07, 6.45) is -3.45. The number of amides is 1. The van der Waals surface area contributed by atoms with Gasteiger partial charge in [0, 0.05) is 31.5 Å². The van der Waals surface area contributed by atoms with Gasteiger partial charge in [-0.1, -0.05) is 50.2 Å². The minimum Gasteiger partial charge on any atom is -0.487 e. The van der Waals surface area contributed by atoms with Gasteiger partial charge < -0.3 is 14.7 Å². The van der Waals surface area contributed by atoms with Gasteiger partial charge in [-0.15, -0.1) is 0 Å². The third-order valence-corrected chi connectivity index (χ3v) is 6.99. The fraction of sp³-hybridized carbons (Fsp3) is 0.355. The lowest BCUT2D eigenvalue weighted by molar-refractivity contribution is -0.138. The molecule has 0 bridgehead atoms. The van der Waals surface area contributed by atoms with Crippen molar-refractivity contribution in [2.24, 2.45) is 0 Å². The lowest BCUT2D eigenvalue weighted by Crippen LogP contribution is -2.33. The zero-order chi connectivity index (χ0) is 28.4. The summed E-state index contributed by atoms with van der Waals surface area (Å²) in [5.41, 5.74) is 2.89. The minimum atomic E-state index is -4.46. The summed E-state index contributed by atoms with van der Waals surface area (Å²) >= 11 is 0. The highest BCUT2D eigenvalue weighted by molar-refractivity contribution is 5.95. The summed E-state index contributed by atoms with van der Waals surface area (Å²) in [6, 6.07) is 18.2. The molecule has 0 saturated heterocycles. The van der Waals surface area contributed by atoms with Crippen molar-refractivity contribution in [1.29, 1.82) is 0 Å². The molecule has 4 rings (SSSR count). The summed E-state index contributed by atoms with van der Waals surface area (Å²) in [4.78, 5) is 26.0. The minimum absolute atomic E-state index is 0.0120. The number of carbonyl (C=O) groups is 2. The predicted octanol–water partition coefficient (Wildman–Crippen LogP) is 6.88. The number of aliphatic carboxylic acids is 1. The van der Waals surface area contributed by atoms with Crippen molar-refractivity contribution in [2.45, 2.75) is 64.3 Å². The van der Waals surface area contributed by atoms with Crippen LogP contribution in [0, 0.1) is 0 Å². The van der Waals surface area contributed by atoms with Gasteiger partial charge in [0.1, 0.15) is 11.4 Å². The van der Waals surface area contributed by atoms with Crippen molar-refractivity contribution in [3.63, 3.8) is 0 Å². The van der Waals surface area contributed by atoms with E-state index in [-0.39, 0.29) is 19.5 Å². The van der Waals surface area contributed by atoms with Gasteiger partial charge in [0.2, 0.25) is 0 Å². The van der Waals surface area contributed by atoms with Crippen LogP contribution in [-0.4, -0.2) is 34.0 Å². The molecule has 5 nitrogen and oxygen atoms in total. The molecule has 1 amide bonds. The second kappa shape index (κ2) is 11.1. The second-order valence-corrected chi connectivity index (χ2v) is 10.7. The summed E-state index contributed by atoms with van der Waals surface area (Å²) < 4.78 is 45.1. The Hall–Kier alpha value is -3.81. The number of halogens is 3. The largest absolute Gasteiger partial charge is 0.487 e. The summed E-state index contributed by atoms with van der Waals surface area (Å²) in [5.74, 6) is -0.309. The number of hydrogen-bond donors (Lipinski definition) is 1. The van der Waals surface area contributed by atoms with Crippen LogP contribution in [0.25, 0.3) is 0 Å². The molecule has 0 spiro atoms. The number of carboxylic acid groups (broad SMARTS) is 1. The van der Waals surface area contributed by atoms with E-state index in [0.29, 0.717) is 35.6 Å². The molecule has 0 fully saturated rings. The number of alkyl halides is 3. The molecule has 3 aromatic rings. The first-order valence-corrected chi connectivity index (χ1v) is 12.9. The lowest BCUT2D eigenvalue weighted by atomic mass is 9.90. The molecule has 1 heterocycles. The average Bonchev–Trinajstić information content (AvgIpc) is 3.20. The van der Waals surface area contributed by atoms with Crippen molar-refractivity contribution in [2.75, 3.05) is 6.54 Å². The quantitative estimate of drug-likeness (QED) is 0.322. The summed E-state index contributed by atoms with van der Waals surface area (Å²) in [7, 11) is 0. The highest BCUT2D eigenvalue weighted by Crippen LogP contribution is 2.38. The molecule has 8 heteroatoms. The Morgan fingerprint density at radius 1 is 1.00 bits per heavy atom. The number of fused-ring (bicyclic) bond motifs is 1. The Morgan fingerprint density at radius 3 is 2.23 bits per heavy atom. The third-order valence-electron chi connectivity index (χ3n) is 6.99. The third kappa shape index (κ3) is 6.99. The molecule has 206 valence electrons. The molecule has 0 saturated carbocycles. The Morgan fingerprint density at radius 2 is 1.64 bits per heavy atom. The second-order valence-electron chi connectivity index (χ2n) is 10.7. The van der Waals surface area contributed by atoms with Crippen LogP contribution in [0.5, 0.6) is 5.75 Å². The van der Waals surface area contributed by atoms with Crippen LogP contribution in [0.2, 0.25) is 0 Å². The van der Waals surface area contributed by atoms with E-state index in [9.17, 15) is 27.9 Å². The van der Waals surface area contributed by atoms with Gasteiger partial charge >= 0.3 is 12.1 Å². The zero-order valence-corrected chi connectivity index (χ0v) is 22.2. The van der Waals surface area contributed by atoms with E-state index in [1.165, 1.54) is 22.6 Å². The Labute approximate surface area is 226 Å². The Balaban J connectivity index is 1.50. The maximum atomic E-state index is 13.4. The molecular formula is C31H32F3NO4. The van der Waals surface area contributed by atoms with E-state index < -0.39 is 29.2 Å². The van der Waals surface area contributed by atoms with E-state index in [1.54, 1.807) is 18.2 Å². The zero-order valence-electron chi connectivity index (χ0n) is 22.2. The van der Waals surface area contributed by atoms with Gasteiger partial charge in [-0.2, -0.15) is 13.2 Å². The van der Waals surface area contributed by atoms with Crippen LogP contribution >= 0.6 is 0 Å². The molecule has 0 radical (unpaired) electrons. The van der Waals surface area contributed by atoms with Gasteiger partial charge in [-0.3, -0.25) is 9.59 Å². The monoisotopic (exact) mass is 539 g/mol. The molecule has 1 unspecified atom stereocenters. The van der Waals surface area contributed by atoms with Crippen molar-refractivity contribution in [3.05, 3.63) is 100 Å². The first kappa shape index (κ1) is 28.2. The number of ether oxygens (including phenoxy) is 1. The van der Waals surface area contributed by atoms with E-state index >= 15 is 0 Å². The molecule has 1 N–H and O–H groups in total. The first-order chi connectivity index (χ1) is 18.3. The first-order valence-electron chi connectivity index (χ1n) is 12.9. The topological polar surface area (TPSA) is 66.8 Å². The lowest BCUT2D eigenvalue weighted by Gasteiger charge is -2.24. The van der Waals surface area contributed by atoms with Gasteiger partial charge in [-0.05, 0) is 65.4 Å². The SMILES string of the molecule is CC(C)c1ccc(CC2(C)Cc3cc(C(=O)N(CCC(=O)O)Cc4ccc(C(F)(F)F)cc4)ccc3O2)cc1. The van der Waals surface area contributed by atoms with Gasteiger partial charge in [0.15, 0.2) is 0 Å². The van der Waals surface area contributed by atoms with Crippen molar-refractivity contribution < 1.29 is 32.6 Å². The van der Waals surface area contributed by atoms with Gasteiger partial charge in [0.25, 0.3) is 5.91 Å². The van der Waals surface area contributed by atoms with E-state index in [0.717, 1.165) is 23.3 Å². The van der Waals surface area contributed by atoms with Crippen LogP contribution in [-0.2, 0) is 30.4 Å². The molecule has 39 heavy (non-hydrogen) atoms. The van der Waals surface area contributed by atoms with Crippen molar-refractivity contribution >= 4 is 11.9 Å². The molecule has 0 aromatic heterocycles. The molecule has 1 aliphatic heterocycles. The Bertz CT molecular complexity index is 1330. The van der Waals surface area contributed by atoms with Gasteiger partial charge in [-0.25, -0.2) is 0 Å². The van der Waals surface area contributed by atoms with E-state index in [4.69, 9.17) is 4.74 Å². The number of carboxylic acids is 1. The number of hydrogen-bond acceptors (Lipinski definition) is 3. The van der Waals surface area contributed by atoms with Crippen molar-refractivity contribution in [3.8, 4) is 5.75 Å². The fourth-order valence-electron chi connectivity index (χ4n) is 4.89. The highest BCUT2D eigenvalue weighted by atomic mass is 19.4. The molecule has 1 aliphatic rings. The molecule has 1 atom stereocenters. The summed E-state index contributed by atoms with van der Waals surface area (Å²) in [6.45, 7) is 6.25. The fourth-order valence-corrected chi connectivity index (χ4v) is 4.89. The maximum Gasteiger partial charge on any atom is 0.416 e. The highest BCUT2D eigenvalue weighted by Gasteiger charge is 2.36. The standard InChI is InChI=1S/C31H32F3NO4/c1-20(2)23-8-4-21(5-9-23)17-30(3)18-25-16-24(10-13-27(25)39-30)29(38)35(15-14-28(36)37)19-22-6-11-26(12-7-22)31(32,33)34/h4-13,16,20H,14-15,17-19H2,1-3H3,(H,36,37). The van der Waals surface area contributed by atoms with Crippen molar-refractivity contribution in [1.82, 2.24) is 4.90 Å². The van der Waals surface area contributed by atoms with Crippen LogP contribution in [0.15, 0.2) is 66.7 Å². The van der Waals surface area contributed by atoms with Crippen LogP contribution in [0.3, 0.4) is 0 Å². The smallest absolute Gasteiger partial charge is 0.416 e.